The molecule has 0 radical (unpaired) electrons. The molecule has 124 valence electrons. The first-order valence-corrected chi connectivity index (χ1v) is 8.07. The summed E-state index contributed by atoms with van der Waals surface area (Å²) in [5.74, 6) is 1.64. The van der Waals surface area contributed by atoms with E-state index in [1.54, 1.807) is 4.68 Å². The zero-order valence-electron chi connectivity index (χ0n) is 13.6. The zero-order chi connectivity index (χ0) is 16.2. The van der Waals surface area contributed by atoms with E-state index < -0.39 is 0 Å². The number of carbonyl (C=O) groups is 1. The fourth-order valence-electron chi connectivity index (χ4n) is 3.02. The highest BCUT2D eigenvalue weighted by atomic mass is 16.2. The van der Waals surface area contributed by atoms with Crippen LogP contribution in [0.5, 0.6) is 0 Å². The van der Waals surface area contributed by atoms with Crippen molar-refractivity contribution < 1.29 is 4.79 Å². The van der Waals surface area contributed by atoms with Gasteiger partial charge in [-0.25, -0.2) is 14.5 Å². The van der Waals surface area contributed by atoms with Gasteiger partial charge in [-0.2, -0.15) is 10.2 Å². The van der Waals surface area contributed by atoms with Crippen LogP contribution in [0, 0.1) is 6.92 Å². The summed E-state index contributed by atoms with van der Waals surface area (Å²) in [6.07, 6.45) is 8.68. The van der Waals surface area contributed by atoms with E-state index >= 15 is 0 Å². The minimum Gasteiger partial charge on any atom is -0.337 e. The van der Waals surface area contributed by atoms with Crippen molar-refractivity contribution in [2.45, 2.75) is 45.1 Å². The first-order chi connectivity index (χ1) is 11.1. The average molecular weight is 317 g/mol. The van der Waals surface area contributed by atoms with Crippen LogP contribution in [0.4, 0.5) is 10.6 Å². The number of rotatable bonds is 5. The van der Waals surface area contributed by atoms with E-state index in [0.717, 1.165) is 30.0 Å². The molecule has 0 atom stereocenters. The number of anilines is 1. The Morgan fingerprint density at radius 1 is 1.35 bits per heavy atom. The molecule has 0 unspecified atom stereocenters. The molecule has 1 aliphatic carbocycles. The van der Waals surface area contributed by atoms with Crippen molar-refractivity contribution >= 4 is 11.8 Å². The third kappa shape index (κ3) is 3.52. The lowest BCUT2D eigenvalue weighted by Gasteiger charge is -2.15. The highest BCUT2D eigenvalue weighted by molar-refractivity contribution is 5.89. The molecule has 0 aromatic carbocycles. The Hall–Kier alpha value is -2.38. The molecule has 23 heavy (non-hydrogen) atoms. The lowest BCUT2D eigenvalue weighted by Crippen LogP contribution is -2.32. The predicted molar refractivity (Wildman–Crippen MR) is 86.2 cm³/mol. The van der Waals surface area contributed by atoms with Gasteiger partial charge >= 0.3 is 6.03 Å². The Kier molecular flexibility index (Phi) is 4.59. The van der Waals surface area contributed by atoms with Crippen LogP contribution in [0.2, 0.25) is 0 Å². The van der Waals surface area contributed by atoms with E-state index in [0.29, 0.717) is 19.0 Å². The molecular weight excluding hydrogens is 294 g/mol. The van der Waals surface area contributed by atoms with Crippen LogP contribution in [-0.4, -0.2) is 37.1 Å². The van der Waals surface area contributed by atoms with Gasteiger partial charge in [0, 0.05) is 25.6 Å². The summed E-state index contributed by atoms with van der Waals surface area (Å²) < 4.78 is 3.67. The lowest BCUT2D eigenvalue weighted by molar-refractivity contribution is 0.252. The average Bonchev–Trinajstić information content (AvgIpc) is 3.24. The van der Waals surface area contributed by atoms with E-state index in [1.165, 1.54) is 19.2 Å². The summed E-state index contributed by atoms with van der Waals surface area (Å²) >= 11 is 0. The molecule has 2 N–H and O–H groups in total. The zero-order valence-corrected chi connectivity index (χ0v) is 13.6. The van der Waals surface area contributed by atoms with Crippen LogP contribution in [0.3, 0.4) is 0 Å². The number of nitrogens with zero attached hydrogens (tertiary/aromatic N) is 5. The molecule has 8 nitrogen and oxygen atoms in total. The molecule has 0 spiro atoms. The second-order valence-electron chi connectivity index (χ2n) is 5.99. The van der Waals surface area contributed by atoms with Gasteiger partial charge in [0.25, 0.3) is 0 Å². The molecule has 0 saturated heterocycles. The summed E-state index contributed by atoms with van der Waals surface area (Å²) in [5, 5.41) is 14.2. The molecule has 2 aromatic heterocycles. The van der Waals surface area contributed by atoms with E-state index in [4.69, 9.17) is 0 Å². The van der Waals surface area contributed by atoms with Crippen molar-refractivity contribution in [1.29, 1.82) is 0 Å². The molecule has 1 aliphatic rings. The Morgan fingerprint density at radius 3 is 2.83 bits per heavy atom. The number of carbonyl (C=O) groups excluding carboxylic acids is 1. The molecule has 0 aliphatic heterocycles. The quantitative estimate of drug-likeness (QED) is 0.880. The third-order valence-corrected chi connectivity index (χ3v) is 4.32. The van der Waals surface area contributed by atoms with Crippen molar-refractivity contribution in [2.75, 3.05) is 11.9 Å². The van der Waals surface area contributed by atoms with Gasteiger partial charge in [0.1, 0.15) is 18.0 Å². The first kappa shape index (κ1) is 15.5. The normalized spacial score (nSPS) is 15.0. The second-order valence-corrected chi connectivity index (χ2v) is 5.99. The van der Waals surface area contributed by atoms with Crippen LogP contribution < -0.4 is 10.6 Å². The van der Waals surface area contributed by atoms with E-state index in [9.17, 15) is 4.79 Å². The number of hydrogen-bond donors (Lipinski definition) is 2. The SMILES string of the molecule is Cc1cnn(C2CCCC2)c1NC(=O)NCCc1ncnn1C. The van der Waals surface area contributed by atoms with Gasteiger partial charge in [0.15, 0.2) is 0 Å². The Balaban J connectivity index is 1.55. The minimum absolute atomic E-state index is 0.213. The smallest absolute Gasteiger partial charge is 0.320 e. The molecule has 3 rings (SSSR count). The summed E-state index contributed by atoms with van der Waals surface area (Å²) in [4.78, 5) is 16.3. The van der Waals surface area contributed by atoms with Gasteiger partial charge in [-0.05, 0) is 19.8 Å². The minimum atomic E-state index is -0.213. The second kappa shape index (κ2) is 6.80. The van der Waals surface area contributed by atoms with Crippen LogP contribution in [0.25, 0.3) is 0 Å². The first-order valence-electron chi connectivity index (χ1n) is 8.07. The summed E-state index contributed by atoms with van der Waals surface area (Å²) in [7, 11) is 1.84. The molecule has 0 bridgehead atoms. The maximum Gasteiger partial charge on any atom is 0.320 e. The van der Waals surface area contributed by atoms with E-state index in [-0.39, 0.29) is 6.03 Å². The molecule has 1 fully saturated rings. The van der Waals surface area contributed by atoms with Crippen molar-refractivity contribution in [3.05, 3.63) is 23.9 Å². The number of aromatic nitrogens is 5. The fourth-order valence-corrected chi connectivity index (χ4v) is 3.02. The van der Waals surface area contributed by atoms with Crippen molar-refractivity contribution in [3.63, 3.8) is 0 Å². The van der Waals surface area contributed by atoms with Crippen LogP contribution >= 0.6 is 0 Å². The van der Waals surface area contributed by atoms with Crippen molar-refractivity contribution in [1.82, 2.24) is 29.9 Å². The van der Waals surface area contributed by atoms with Crippen molar-refractivity contribution in [2.24, 2.45) is 7.05 Å². The molecule has 8 heteroatoms. The molecule has 1 saturated carbocycles. The van der Waals surface area contributed by atoms with E-state index in [2.05, 4.69) is 25.8 Å². The largest absolute Gasteiger partial charge is 0.337 e. The maximum atomic E-state index is 12.1. The topological polar surface area (TPSA) is 89.7 Å². The Morgan fingerprint density at radius 2 is 2.13 bits per heavy atom. The molecule has 2 aromatic rings. The standard InChI is InChI=1S/C15H23N7O/c1-11-9-18-22(12-5-3-4-6-12)14(11)20-15(23)16-8-7-13-17-10-19-21(13)2/h9-10,12H,3-8H2,1-2H3,(H2,16,20,23). The van der Waals surface area contributed by atoms with Gasteiger partial charge in [-0.3, -0.25) is 10.00 Å². The van der Waals surface area contributed by atoms with Gasteiger partial charge in [0.05, 0.1) is 12.2 Å². The van der Waals surface area contributed by atoms with Gasteiger partial charge in [-0.15, -0.1) is 0 Å². The van der Waals surface area contributed by atoms with Gasteiger partial charge < -0.3 is 5.32 Å². The summed E-state index contributed by atoms with van der Waals surface area (Å²) in [6, 6.07) is 0.188. The van der Waals surface area contributed by atoms with Gasteiger partial charge in [-0.1, -0.05) is 12.8 Å². The molecule has 2 heterocycles. The predicted octanol–water partition coefficient (Wildman–Crippen LogP) is 1.80. The highest BCUT2D eigenvalue weighted by Crippen LogP contribution is 2.32. The third-order valence-electron chi connectivity index (χ3n) is 4.32. The summed E-state index contributed by atoms with van der Waals surface area (Å²) in [6.45, 7) is 2.47. The van der Waals surface area contributed by atoms with Crippen LogP contribution in [-0.2, 0) is 13.5 Å². The maximum absolute atomic E-state index is 12.1. The Bertz CT molecular complexity index is 669. The summed E-state index contributed by atoms with van der Waals surface area (Å²) in [5.41, 5.74) is 0.986. The highest BCUT2D eigenvalue weighted by Gasteiger charge is 2.22. The molecule has 2 amide bonds. The lowest BCUT2D eigenvalue weighted by atomic mass is 10.2. The molecular formula is C15H23N7O. The monoisotopic (exact) mass is 317 g/mol. The number of aryl methyl sites for hydroxylation is 2. The van der Waals surface area contributed by atoms with Gasteiger partial charge in [0.2, 0.25) is 0 Å². The number of urea groups is 1. The number of hydrogen-bond acceptors (Lipinski definition) is 4. The van der Waals surface area contributed by atoms with E-state index in [1.807, 2.05) is 24.9 Å². The van der Waals surface area contributed by atoms with Crippen molar-refractivity contribution in [3.8, 4) is 0 Å². The number of amides is 2. The van der Waals surface area contributed by atoms with Crippen LogP contribution in [0.1, 0.15) is 43.1 Å². The Labute approximate surface area is 135 Å². The number of nitrogens with one attached hydrogen (secondary N) is 2. The fraction of sp³-hybridized carbons (Fsp3) is 0.600. The van der Waals surface area contributed by atoms with Crippen LogP contribution in [0.15, 0.2) is 12.5 Å².